The number of para-hydroxylation sites is 1. The Balaban J connectivity index is 1.70. The van der Waals surface area contributed by atoms with E-state index in [1.165, 1.54) is 4.88 Å². The summed E-state index contributed by atoms with van der Waals surface area (Å²) in [5.74, 6) is 0.112. The van der Waals surface area contributed by atoms with Crippen molar-refractivity contribution in [1.82, 2.24) is 0 Å². The van der Waals surface area contributed by atoms with Gasteiger partial charge in [-0.1, -0.05) is 18.2 Å². The Labute approximate surface area is 195 Å². The van der Waals surface area contributed by atoms with Crippen LogP contribution in [0.15, 0.2) is 51.9 Å². The van der Waals surface area contributed by atoms with Gasteiger partial charge in [0.25, 0.3) is 5.91 Å². The summed E-state index contributed by atoms with van der Waals surface area (Å²) in [6.45, 7) is 0. The quantitative estimate of drug-likeness (QED) is 0.266. The fraction of sp³-hybridized carbons (Fsp3) is 0.182. The Hall–Kier alpha value is -1.71. The highest BCUT2D eigenvalue weighted by atomic mass is 127. The monoisotopic (exact) mass is 580 g/mol. The molecule has 0 fully saturated rings. The van der Waals surface area contributed by atoms with E-state index >= 15 is 0 Å². The summed E-state index contributed by atoms with van der Waals surface area (Å²) in [6.07, 6.45) is 5.93. The standard InChI is InChI=1S/C22H18BrIN2O2S/c23-16-10-13(11-17(24)20(16)27)12-25-22-19(15-8-4-5-9-18(15)29-22)21(28)26-14-6-2-1-3-7-14/h1-3,6-7,10-12,27H,4-5,8-9H2,(H,26,28). The summed E-state index contributed by atoms with van der Waals surface area (Å²) >= 11 is 7.06. The number of hydrogen-bond acceptors (Lipinski definition) is 4. The molecule has 0 radical (unpaired) electrons. The predicted molar refractivity (Wildman–Crippen MR) is 131 cm³/mol. The minimum atomic E-state index is -0.107. The predicted octanol–water partition coefficient (Wildman–Crippen LogP) is 6.70. The number of anilines is 1. The molecule has 0 spiro atoms. The molecule has 2 aromatic carbocycles. The topological polar surface area (TPSA) is 61.7 Å². The lowest BCUT2D eigenvalue weighted by Gasteiger charge is -2.12. The Kier molecular flexibility index (Phi) is 6.36. The maximum Gasteiger partial charge on any atom is 0.259 e. The van der Waals surface area contributed by atoms with Crippen LogP contribution in [0, 0.1) is 3.57 Å². The van der Waals surface area contributed by atoms with E-state index in [-0.39, 0.29) is 11.7 Å². The molecule has 1 aromatic heterocycles. The summed E-state index contributed by atoms with van der Waals surface area (Å²) in [5.41, 5.74) is 3.47. The van der Waals surface area contributed by atoms with Crippen LogP contribution in [0.25, 0.3) is 0 Å². The normalized spacial score (nSPS) is 13.4. The fourth-order valence-corrected chi connectivity index (χ4v) is 6.11. The van der Waals surface area contributed by atoms with E-state index in [1.807, 2.05) is 42.5 Å². The lowest BCUT2D eigenvalue weighted by Crippen LogP contribution is -2.14. The van der Waals surface area contributed by atoms with Crippen molar-refractivity contribution in [2.75, 3.05) is 5.32 Å². The Bertz CT molecular complexity index is 1070. The zero-order chi connectivity index (χ0) is 20.4. The number of thiophene rings is 1. The van der Waals surface area contributed by atoms with Gasteiger partial charge in [-0.25, -0.2) is 4.99 Å². The molecule has 1 aliphatic rings. The molecule has 2 N–H and O–H groups in total. The molecule has 148 valence electrons. The van der Waals surface area contributed by atoms with Gasteiger partial charge in [0.2, 0.25) is 0 Å². The number of hydrogen-bond donors (Lipinski definition) is 2. The van der Waals surface area contributed by atoms with Crippen LogP contribution >= 0.6 is 49.9 Å². The molecule has 4 nitrogen and oxygen atoms in total. The second kappa shape index (κ2) is 8.97. The number of halogens is 2. The second-order valence-electron chi connectivity index (χ2n) is 6.80. The van der Waals surface area contributed by atoms with E-state index in [2.05, 4.69) is 48.8 Å². The lowest BCUT2D eigenvalue weighted by atomic mass is 9.95. The number of amides is 1. The molecular formula is C22H18BrIN2O2S. The summed E-state index contributed by atoms with van der Waals surface area (Å²) in [6, 6.07) is 13.2. The van der Waals surface area contributed by atoms with Gasteiger partial charge < -0.3 is 10.4 Å². The van der Waals surface area contributed by atoms with Crippen LogP contribution in [0.3, 0.4) is 0 Å². The van der Waals surface area contributed by atoms with Crippen molar-refractivity contribution < 1.29 is 9.90 Å². The fourth-order valence-electron chi connectivity index (χ4n) is 3.38. The molecule has 0 atom stereocenters. The van der Waals surface area contributed by atoms with Crippen molar-refractivity contribution in [2.45, 2.75) is 25.7 Å². The zero-order valence-corrected chi connectivity index (χ0v) is 20.0. The second-order valence-corrected chi connectivity index (χ2v) is 9.90. The smallest absolute Gasteiger partial charge is 0.259 e. The van der Waals surface area contributed by atoms with Gasteiger partial charge >= 0.3 is 0 Å². The minimum Gasteiger partial charge on any atom is -0.506 e. The highest BCUT2D eigenvalue weighted by molar-refractivity contribution is 14.1. The number of carbonyl (C=O) groups is 1. The maximum absolute atomic E-state index is 13.1. The van der Waals surface area contributed by atoms with E-state index in [1.54, 1.807) is 17.6 Å². The van der Waals surface area contributed by atoms with Gasteiger partial charge in [-0.2, -0.15) is 0 Å². The molecule has 3 aromatic rings. The highest BCUT2D eigenvalue weighted by Gasteiger charge is 2.25. The van der Waals surface area contributed by atoms with Gasteiger partial charge in [0.05, 0.1) is 13.6 Å². The van der Waals surface area contributed by atoms with Crippen molar-refractivity contribution in [2.24, 2.45) is 4.99 Å². The summed E-state index contributed by atoms with van der Waals surface area (Å²) < 4.78 is 1.37. The number of aliphatic imine (C=N–C) groups is 1. The number of fused-ring (bicyclic) bond motifs is 1. The third kappa shape index (κ3) is 4.57. The number of aromatic hydroxyl groups is 1. The average Bonchev–Trinajstić information content (AvgIpc) is 3.09. The number of aryl methyl sites for hydroxylation is 1. The molecule has 7 heteroatoms. The van der Waals surface area contributed by atoms with Crippen LogP contribution < -0.4 is 5.32 Å². The summed E-state index contributed by atoms with van der Waals surface area (Å²) in [7, 11) is 0. The SMILES string of the molecule is O=C(Nc1ccccc1)c1c(N=Cc2cc(Br)c(O)c(I)c2)sc2c1CCCC2. The Morgan fingerprint density at radius 3 is 2.72 bits per heavy atom. The van der Waals surface area contributed by atoms with E-state index in [4.69, 9.17) is 0 Å². The van der Waals surface area contributed by atoms with Gasteiger partial charge in [0.1, 0.15) is 10.8 Å². The number of phenolic OH excluding ortho intramolecular Hbond substituents is 1. The molecule has 4 rings (SSSR count). The highest BCUT2D eigenvalue weighted by Crippen LogP contribution is 2.40. The number of rotatable bonds is 4. The van der Waals surface area contributed by atoms with Gasteiger partial charge in [-0.15, -0.1) is 11.3 Å². The molecule has 1 aliphatic carbocycles. The van der Waals surface area contributed by atoms with Crippen LogP contribution in [0.1, 0.15) is 39.2 Å². The van der Waals surface area contributed by atoms with Crippen molar-refractivity contribution in [3.05, 3.63) is 72.1 Å². The average molecular weight is 581 g/mol. The molecule has 1 amide bonds. The molecular weight excluding hydrogens is 563 g/mol. The Morgan fingerprint density at radius 2 is 1.97 bits per heavy atom. The third-order valence-corrected chi connectivity index (χ3v) is 7.41. The molecule has 0 saturated heterocycles. The molecule has 0 aliphatic heterocycles. The summed E-state index contributed by atoms with van der Waals surface area (Å²) in [4.78, 5) is 19.1. The molecule has 29 heavy (non-hydrogen) atoms. The maximum atomic E-state index is 13.1. The first-order chi connectivity index (χ1) is 14.0. The van der Waals surface area contributed by atoms with Crippen LogP contribution in [-0.4, -0.2) is 17.2 Å². The van der Waals surface area contributed by atoms with Gasteiger partial charge in [-0.05, 0) is 99.6 Å². The first-order valence-corrected chi connectivity index (χ1v) is 11.9. The number of carbonyl (C=O) groups excluding carboxylic acids is 1. The summed E-state index contributed by atoms with van der Waals surface area (Å²) in [5, 5.41) is 13.7. The largest absolute Gasteiger partial charge is 0.506 e. The number of phenols is 1. The number of nitrogens with one attached hydrogen (secondary N) is 1. The Morgan fingerprint density at radius 1 is 1.21 bits per heavy atom. The zero-order valence-electron chi connectivity index (χ0n) is 15.4. The molecule has 1 heterocycles. The van der Waals surface area contributed by atoms with Crippen LogP contribution in [0.4, 0.5) is 10.7 Å². The molecule has 0 bridgehead atoms. The van der Waals surface area contributed by atoms with Gasteiger partial charge in [0, 0.05) is 16.8 Å². The third-order valence-electron chi connectivity index (χ3n) is 4.78. The lowest BCUT2D eigenvalue weighted by molar-refractivity contribution is 0.102. The van der Waals surface area contributed by atoms with Gasteiger partial charge in [-0.3, -0.25) is 4.79 Å². The van der Waals surface area contributed by atoms with Crippen LogP contribution in [0.5, 0.6) is 5.75 Å². The number of benzene rings is 2. The van der Waals surface area contributed by atoms with Crippen LogP contribution in [-0.2, 0) is 12.8 Å². The van der Waals surface area contributed by atoms with Crippen molar-refractivity contribution >= 4 is 72.7 Å². The van der Waals surface area contributed by atoms with E-state index in [0.29, 0.717) is 10.0 Å². The van der Waals surface area contributed by atoms with E-state index in [9.17, 15) is 9.90 Å². The van der Waals surface area contributed by atoms with Crippen molar-refractivity contribution in [3.63, 3.8) is 0 Å². The number of nitrogens with zero attached hydrogens (tertiary/aromatic N) is 1. The van der Waals surface area contributed by atoms with Crippen molar-refractivity contribution in [1.29, 1.82) is 0 Å². The minimum absolute atomic E-state index is 0.107. The van der Waals surface area contributed by atoms with Crippen LogP contribution in [0.2, 0.25) is 0 Å². The first-order valence-electron chi connectivity index (χ1n) is 9.26. The molecule has 0 saturated carbocycles. The van der Waals surface area contributed by atoms with E-state index < -0.39 is 0 Å². The first kappa shape index (κ1) is 20.6. The van der Waals surface area contributed by atoms with Crippen molar-refractivity contribution in [3.8, 4) is 5.75 Å². The molecule has 0 unspecified atom stereocenters. The van der Waals surface area contributed by atoms with E-state index in [0.717, 1.165) is 51.1 Å². The van der Waals surface area contributed by atoms with Gasteiger partial charge in [0.15, 0.2) is 0 Å².